The Morgan fingerprint density at radius 1 is 1.14 bits per heavy atom. The molecule has 14 heteroatoms. The van der Waals surface area contributed by atoms with Crippen molar-refractivity contribution in [2.75, 3.05) is 25.0 Å². The molecule has 1 unspecified atom stereocenters. The molecule has 0 radical (unpaired) electrons. The Kier molecular flexibility index (Phi) is 9.20. The van der Waals surface area contributed by atoms with Gasteiger partial charge in [0, 0.05) is 34.4 Å². The topological polar surface area (TPSA) is 172 Å². The Morgan fingerprint density at radius 2 is 1.86 bits per heavy atom. The van der Waals surface area contributed by atoms with Crippen LogP contribution in [0, 0.1) is 0 Å². The molecule has 2 aromatic carbocycles. The summed E-state index contributed by atoms with van der Waals surface area (Å²) in [6, 6.07) is 6.08. The maximum absolute atomic E-state index is 13.1. The number of guanidine groups is 1. The van der Waals surface area contributed by atoms with Crippen LogP contribution < -0.4 is 21.3 Å². The Morgan fingerprint density at radius 3 is 2.51 bits per heavy atom. The van der Waals surface area contributed by atoms with Crippen LogP contribution in [0.25, 0.3) is 0 Å². The average molecular weight is 540 g/mol. The number of phenolic OH excluding ortho intramolecular Hbond substituents is 1. The average Bonchev–Trinajstić information content (AvgIpc) is 2.82. The van der Waals surface area contributed by atoms with E-state index >= 15 is 0 Å². The fourth-order valence-corrected chi connectivity index (χ4v) is 3.72. The summed E-state index contributed by atoms with van der Waals surface area (Å²) in [4.78, 5) is 40.4. The summed E-state index contributed by atoms with van der Waals surface area (Å²) in [5, 5.41) is 39.1. The molecule has 2 atom stereocenters. The number of rotatable bonds is 9. The number of amides is 2. The molecule has 7 N–H and O–H groups in total. The van der Waals surface area contributed by atoms with Crippen LogP contribution in [-0.4, -0.2) is 64.8 Å². The molecule has 1 aliphatic rings. The molecule has 0 spiro atoms. The van der Waals surface area contributed by atoms with E-state index in [2.05, 4.69) is 26.3 Å². The van der Waals surface area contributed by atoms with Gasteiger partial charge in [-0.2, -0.15) is 0 Å². The molecule has 1 aliphatic heterocycles. The van der Waals surface area contributed by atoms with Gasteiger partial charge in [0.05, 0.1) is 31.7 Å². The molecule has 1 heterocycles. The highest BCUT2D eigenvalue weighted by Crippen LogP contribution is 2.28. The monoisotopic (exact) mass is 539 g/mol. The van der Waals surface area contributed by atoms with Crippen molar-refractivity contribution in [1.82, 2.24) is 16.0 Å². The zero-order valence-corrected chi connectivity index (χ0v) is 19.9. The number of hydrogen-bond acceptors (Lipinski definition) is 8. The van der Waals surface area contributed by atoms with Crippen molar-refractivity contribution in [1.29, 1.82) is 0 Å². The molecule has 11 nitrogen and oxygen atoms in total. The van der Waals surface area contributed by atoms with Gasteiger partial charge < -0.3 is 36.6 Å². The van der Waals surface area contributed by atoms with E-state index in [0.29, 0.717) is 11.6 Å². The number of aliphatic hydroxyl groups excluding tert-OH is 1. The maximum Gasteiger partial charge on any atom is 0.305 e. The predicted molar refractivity (Wildman–Crippen MR) is 130 cm³/mol. The van der Waals surface area contributed by atoms with Gasteiger partial charge >= 0.3 is 5.97 Å². The van der Waals surface area contributed by atoms with Gasteiger partial charge in [0.2, 0.25) is 5.91 Å². The van der Waals surface area contributed by atoms with Gasteiger partial charge in [-0.3, -0.25) is 19.4 Å². The first-order valence-corrected chi connectivity index (χ1v) is 11.3. The minimum Gasteiger partial charge on any atom is -0.508 e. The molecule has 0 saturated heterocycles. The van der Waals surface area contributed by atoms with E-state index in [1.165, 1.54) is 24.3 Å². The SMILES string of the molecule is O=C(O)C[C@H](NC(=O)CNC(=O)c1cc(O)cc(NC2=NCC(O)CN2)c1)c1cc(Cl)cc(C(F)F)c1. The third-order valence-corrected chi connectivity index (χ3v) is 5.35. The third-order valence-electron chi connectivity index (χ3n) is 5.13. The molecule has 198 valence electrons. The minimum absolute atomic E-state index is 0.00486. The summed E-state index contributed by atoms with van der Waals surface area (Å²) in [5.74, 6) is -2.70. The summed E-state index contributed by atoms with van der Waals surface area (Å²) in [6.07, 6.45) is -4.09. The molecule has 37 heavy (non-hydrogen) atoms. The quantitative estimate of drug-likeness (QED) is 0.252. The second-order valence-electron chi connectivity index (χ2n) is 8.14. The Labute approximate surface area is 214 Å². The molecule has 0 saturated carbocycles. The van der Waals surface area contributed by atoms with E-state index in [0.717, 1.165) is 12.1 Å². The Balaban J connectivity index is 1.65. The van der Waals surface area contributed by atoms with Crippen molar-refractivity contribution in [3.8, 4) is 5.75 Å². The number of benzene rings is 2. The molecular formula is C23H24ClF2N5O6. The summed E-state index contributed by atoms with van der Waals surface area (Å²) in [7, 11) is 0. The lowest BCUT2D eigenvalue weighted by Gasteiger charge is -2.20. The number of carboxylic acid groups (broad SMARTS) is 1. The van der Waals surface area contributed by atoms with Gasteiger partial charge in [0.1, 0.15) is 5.75 Å². The lowest BCUT2D eigenvalue weighted by atomic mass is 10.0. The summed E-state index contributed by atoms with van der Waals surface area (Å²) >= 11 is 5.88. The highest BCUT2D eigenvalue weighted by Gasteiger charge is 2.21. The first kappa shape index (κ1) is 27.6. The first-order chi connectivity index (χ1) is 17.5. The van der Waals surface area contributed by atoms with Crippen LogP contribution in [0.15, 0.2) is 41.4 Å². The van der Waals surface area contributed by atoms with Gasteiger partial charge in [0.15, 0.2) is 5.96 Å². The number of halogens is 3. The molecule has 0 bridgehead atoms. The lowest BCUT2D eigenvalue weighted by Crippen LogP contribution is -2.42. The van der Waals surface area contributed by atoms with Gasteiger partial charge in [-0.25, -0.2) is 8.78 Å². The van der Waals surface area contributed by atoms with E-state index in [-0.39, 0.29) is 35.0 Å². The number of nitrogens with zero attached hydrogens (tertiary/aromatic N) is 1. The number of aliphatic hydroxyl groups is 1. The molecule has 0 aromatic heterocycles. The number of aliphatic carboxylic acids is 1. The fourth-order valence-electron chi connectivity index (χ4n) is 3.46. The van der Waals surface area contributed by atoms with E-state index in [9.17, 15) is 38.5 Å². The highest BCUT2D eigenvalue weighted by atomic mass is 35.5. The van der Waals surface area contributed by atoms with Gasteiger partial charge in [-0.1, -0.05) is 11.6 Å². The number of aromatic hydroxyl groups is 1. The van der Waals surface area contributed by atoms with Crippen molar-refractivity contribution in [2.24, 2.45) is 4.99 Å². The molecule has 0 fully saturated rings. The molecular weight excluding hydrogens is 516 g/mol. The first-order valence-electron chi connectivity index (χ1n) is 11.0. The lowest BCUT2D eigenvalue weighted by molar-refractivity contribution is -0.137. The van der Waals surface area contributed by atoms with Crippen LogP contribution in [0.1, 0.15) is 40.4 Å². The Hall–Kier alpha value is -3.97. The second-order valence-corrected chi connectivity index (χ2v) is 8.57. The number of carbonyl (C=O) groups is 3. The van der Waals surface area contributed by atoms with Crippen molar-refractivity contribution >= 4 is 41.0 Å². The zero-order valence-electron chi connectivity index (χ0n) is 19.2. The van der Waals surface area contributed by atoms with E-state index < -0.39 is 54.9 Å². The number of β-amino-alcohol motifs (C(OH)–C–C–N with tert-alkyl or cyclic N) is 1. The summed E-state index contributed by atoms with van der Waals surface area (Å²) in [5.41, 5.74) is -0.0422. The maximum atomic E-state index is 13.1. The fraction of sp³-hybridized carbons (Fsp3) is 0.304. The standard InChI is InChI=1S/C23H24ClF2N5O6/c24-14-2-11(1-12(3-14)21(25)26)18(7-20(35)36)31-19(34)10-27-22(37)13-4-15(6-16(32)5-13)30-23-28-8-17(33)9-29-23/h1-6,17-18,21,32-33H,7-10H2,(H,27,37)(H,31,34)(H,35,36)(H2,28,29,30)/t18-/m0/s1. The second kappa shape index (κ2) is 12.3. The third kappa shape index (κ3) is 8.29. The van der Waals surface area contributed by atoms with E-state index in [1.54, 1.807) is 0 Å². The number of nitrogens with one attached hydrogen (secondary N) is 4. The normalized spacial score (nSPS) is 15.8. The van der Waals surface area contributed by atoms with Crippen LogP contribution in [0.5, 0.6) is 5.75 Å². The Bertz CT molecular complexity index is 1210. The van der Waals surface area contributed by atoms with Crippen molar-refractivity contribution in [2.45, 2.75) is 25.0 Å². The minimum atomic E-state index is -2.85. The number of hydrogen-bond donors (Lipinski definition) is 7. The number of aliphatic imine (C=N–C) groups is 1. The van der Waals surface area contributed by atoms with Crippen LogP contribution in [0.2, 0.25) is 5.02 Å². The van der Waals surface area contributed by atoms with Crippen LogP contribution in [0.4, 0.5) is 14.5 Å². The van der Waals surface area contributed by atoms with Crippen molar-refractivity contribution in [3.63, 3.8) is 0 Å². The van der Waals surface area contributed by atoms with E-state index in [1.807, 2.05) is 0 Å². The van der Waals surface area contributed by atoms with Crippen LogP contribution in [-0.2, 0) is 9.59 Å². The zero-order chi connectivity index (χ0) is 27.1. The van der Waals surface area contributed by atoms with Crippen molar-refractivity contribution in [3.05, 3.63) is 58.1 Å². The van der Waals surface area contributed by atoms with Crippen LogP contribution in [0.3, 0.4) is 0 Å². The van der Waals surface area contributed by atoms with Gasteiger partial charge in [0.25, 0.3) is 12.3 Å². The van der Waals surface area contributed by atoms with E-state index in [4.69, 9.17) is 11.6 Å². The van der Waals surface area contributed by atoms with Crippen LogP contribution >= 0.6 is 11.6 Å². The molecule has 2 aromatic rings. The number of carboxylic acids is 1. The highest BCUT2D eigenvalue weighted by molar-refractivity contribution is 6.30. The van der Waals surface area contributed by atoms with Gasteiger partial charge in [-0.05, 0) is 35.9 Å². The summed E-state index contributed by atoms with van der Waals surface area (Å²) < 4.78 is 26.3. The smallest absolute Gasteiger partial charge is 0.305 e. The molecule has 2 amide bonds. The predicted octanol–water partition coefficient (Wildman–Crippen LogP) is 1.78. The number of phenols is 1. The largest absolute Gasteiger partial charge is 0.508 e. The number of alkyl halides is 2. The molecule has 3 rings (SSSR count). The molecule has 0 aliphatic carbocycles. The number of carbonyl (C=O) groups excluding carboxylic acids is 2. The number of anilines is 1. The van der Waals surface area contributed by atoms with Gasteiger partial charge in [-0.15, -0.1) is 0 Å². The summed E-state index contributed by atoms with van der Waals surface area (Å²) in [6.45, 7) is -0.117. The van der Waals surface area contributed by atoms with Crippen molar-refractivity contribution < 1.29 is 38.5 Å².